The first kappa shape index (κ1) is 20.4. The smallest absolute Gasteiger partial charge is 0.340 e. The van der Waals surface area contributed by atoms with E-state index in [1.807, 2.05) is 66.1 Å². The van der Waals surface area contributed by atoms with Crippen LogP contribution in [0.2, 0.25) is 0 Å². The Labute approximate surface area is 180 Å². The molecule has 2 aromatic heterocycles. The van der Waals surface area contributed by atoms with Crippen molar-refractivity contribution in [3.63, 3.8) is 0 Å². The van der Waals surface area contributed by atoms with E-state index in [4.69, 9.17) is 4.74 Å². The van der Waals surface area contributed by atoms with Gasteiger partial charge in [-0.25, -0.2) is 9.78 Å². The largest absolute Gasteiger partial charge is 0.462 e. The molecule has 31 heavy (non-hydrogen) atoms. The van der Waals surface area contributed by atoms with Gasteiger partial charge in [0.2, 0.25) is 0 Å². The van der Waals surface area contributed by atoms with Gasteiger partial charge in [-0.15, -0.1) is 0 Å². The highest BCUT2D eigenvalue weighted by atomic mass is 16.5. The van der Waals surface area contributed by atoms with Crippen molar-refractivity contribution in [1.82, 2.24) is 14.2 Å². The van der Waals surface area contributed by atoms with Gasteiger partial charge in [-0.2, -0.15) is 0 Å². The number of esters is 1. The van der Waals surface area contributed by atoms with Crippen molar-refractivity contribution in [3.8, 4) is 11.3 Å². The molecule has 0 bridgehead atoms. The second-order valence-electron chi connectivity index (χ2n) is 7.22. The number of hydrogen-bond donors (Lipinski definition) is 1. The van der Waals surface area contributed by atoms with Crippen molar-refractivity contribution in [2.24, 2.45) is 0 Å². The minimum atomic E-state index is -0.415. The fourth-order valence-corrected chi connectivity index (χ4v) is 3.69. The van der Waals surface area contributed by atoms with Gasteiger partial charge in [-0.1, -0.05) is 42.5 Å². The third-order valence-corrected chi connectivity index (χ3v) is 5.20. The molecule has 7 heteroatoms. The van der Waals surface area contributed by atoms with Gasteiger partial charge in [0, 0.05) is 5.56 Å². The number of fused-ring (bicyclic) bond motifs is 1. The number of ether oxygens (including phenoxy) is 1. The number of nitrogens with zero attached hydrogens (tertiary/aromatic N) is 3. The van der Waals surface area contributed by atoms with E-state index in [-0.39, 0.29) is 19.1 Å². The molecule has 2 heterocycles. The maximum absolute atomic E-state index is 13.0. The lowest BCUT2D eigenvalue weighted by Gasteiger charge is -2.15. The second-order valence-corrected chi connectivity index (χ2v) is 7.22. The number of carbonyl (C=O) groups is 2. The van der Waals surface area contributed by atoms with Crippen LogP contribution in [0.5, 0.6) is 0 Å². The monoisotopic (exact) mass is 416 g/mol. The predicted octanol–water partition coefficient (Wildman–Crippen LogP) is 4.07. The van der Waals surface area contributed by atoms with Crippen LogP contribution in [0, 0.1) is 13.8 Å². The summed E-state index contributed by atoms with van der Waals surface area (Å²) in [5.41, 5.74) is 7.31. The Bertz CT molecular complexity index is 1250. The Balaban J connectivity index is 1.69. The van der Waals surface area contributed by atoms with Crippen molar-refractivity contribution >= 4 is 22.9 Å². The highest BCUT2D eigenvalue weighted by molar-refractivity contribution is 5.94. The van der Waals surface area contributed by atoms with E-state index in [1.54, 1.807) is 24.6 Å². The van der Waals surface area contributed by atoms with Gasteiger partial charge >= 0.3 is 5.97 Å². The first-order chi connectivity index (χ1) is 15.0. The summed E-state index contributed by atoms with van der Waals surface area (Å²) in [6.07, 6.45) is 0. The standard InChI is InChI=1S/C24H24N4O3/c1-4-31-24(30)19-14-22(18-10-6-5-7-11-18)28(16(19)2)26-23(29)15-27-17(3)25-20-12-8-9-13-21(20)27/h5-14H,4,15H2,1-3H3,(H,26,29). The first-order valence-corrected chi connectivity index (χ1v) is 10.2. The number of benzene rings is 2. The van der Waals surface area contributed by atoms with Gasteiger partial charge < -0.3 is 9.30 Å². The van der Waals surface area contributed by atoms with Crippen LogP contribution in [-0.2, 0) is 16.1 Å². The Morgan fingerprint density at radius 3 is 2.48 bits per heavy atom. The molecule has 0 unspecified atom stereocenters. The number of aromatic nitrogens is 3. The SMILES string of the molecule is CCOC(=O)c1cc(-c2ccccc2)n(NC(=O)Cn2c(C)nc3ccccc32)c1C. The van der Waals surface area contributed by atoms with Crippen LogP contribution in [0.15, 0.2) is 60.7 Å². The Kier molecular flexibility index (Phi) is 5.58. The molecular formula is C24H24N4O3. The molecular weight excluding hydrogens is 392 g/mol. The zero-order valence-corrected chi connectivity index (χ0v) is 17.8. The normalized spacial score (nSPS) is 10.9. The molecule has 0 atom stereocenters. The second kappa shape index (κ2) is 8.47. The van der Waals surface area contributed by atoms with Crippen molar-refractivity contribution in [2.45, 2.75) is 27.3 Å². The van der Waals surface area contributed by atoms with Crippen LogP contribution < -0.4 is 5.43 Å². The molecule has 158 valence electrons. The molecule has 1 N–H and O–H groups in total. The highest BCUT2D eigenvalue weighted by Gasteiger charge is 2.21. The molecule has 0 radical (unpaired) electrons. The van der Waals surface area contributed by atoms with Crippen LogP contribution in [-0.4, -0.2) is 32.7 Å². The Hall–Kier alpha value is -3.87. The van der Waals surface area contributed by atoms with E-state index in [9.17, 15) is 9.59 Å². The zero-order chi connectivity index (χ0) is 22.0. The van der Waals surface area contributed by atoms with Crippen LogP contribution in [0.25, 0.3) is 22.3 Å². The number of nitrogens with one attached hydrogen (secondary N) is 1. The molecule has 0 saturated heterocycles. The van der Waals surface area contributed by atoms with E-state index in [1.165, 1.54) is 0 Å². The van der Waals surface area contributed by atoms with E-state index >= 15 is 0 Å². The molecule has 2 aromatic carbocycles. The summed E-state index contributed by atoms with van der Waals surface area (Å²) in [7, 11) is 0. The van der Waals surface area contributed by atoms with E-state index in [0.29, 0.717) is 17.0 Å². The fourth-order valence-electron chi connectivity index (χ4n) is 3.69. The van der Waals surface area contributed by atoms with Gasteiger partial charge in [-0.3, -0.25) is 14.9 Å². The van der Waals surface area contributed by atoms with Crippen molar-refractivity contribution in [3.05, 3.63) is 77.7 Å². The van der Waals surface area contributed by atoms with E-state index in [2.05, 4.69) is 10.4 Å². The molecule has 0 spiro atoms. The van der Waals surface area contributed by atoms with Crippen LogP contribution in [0.3, 0.4) is 0 Å². The van der Waals surface area contributed by atoms with Gasteiger partial charge in [0.25, 0.3) is 5.91 Å². The molecule has 0 saturated carbocycles. The predicted molar refractivity (Wildman–Crippen MR) is 119 cm³/mol. The summed E-state index contributed by atoms with van der Waals surface area (Å²) < 4.78 is 8.71. The maximum atomic E-state index is 13.0. The molecule has 0 fully saturated rings. The average Bonchev–Trinajstić information content (AvgIpc) is 3.26. The van der Waals surface area contributed by atoms with E-state index in [0.717, 1.165) is 22.4 Å². The van der Waals surface area contributed by atoms with Crippen LogP contribution >= 0.6 is 0 Å². The number of carbonyl (C=O) groups excluding carboxylic acids is 2. The summed E-state index contributed by atoms with van der Waals surface area (Å²) in [6, 6.07) is 19.1. The van der Waals surface area contributed by atoms with Crippen molar-refractivity contribution in [2.75, 3.05) is 12.0 Å². The van der Waals surface area contributed by atoms with Gasteiger partial charge in [-0.05, 0) is 39.0 Å². The minimum Gasteiger partial charge on any atom is -0.462 e. The Morgan fingerprint density at radius 1 is 1.03 bits per heavy atom. The molecule has 0 aliphatic rings. The average molecular weight is 416 g/mol. The highest BCUT2D eigenvalue weighted by Crippen LogP contribution is 2.25. The number of amides is 1. The topological polar surface area (TPSA) is 78.1 Å². The van der Waals surface area contributed by atoms with Crippen molar-refractivity contribution < 1.29 is 14.3 Å². The molecule has 0 aliphatic heterocycles. The Morgan fingerprint density at radius 2 is 1.74 bits per heavy atom. The van der Waals surface area contributed by atoms with Gasteiger partial charge in [0.15, 0.2) is 0 Å². The summed E-state index contributed by atoms with van der Waals surface area (Å²) in [5, 5.41) is 0. The summed E-state index contributed by atoms with van der Waals surface area (Å²) in [5.74, 6) is 0.121. The summed E-state index contributed by atoms with van der Waals surface area (Å²) in [6.45, 7) is 5.82. The number of hydrogen-bond acceptors (Lipinski definition) is 4. The number of para-hydroxylation sites is 2. The number of rotatable bonds is 6. The fraction of sp³-hybridized carbons (Fsp3) is 0.208. The molecule has 4 rings (SSSR count). The molecule has 0 aliphatic carbocycles. The molecule has 1 amide bonds. The molecule has 7 nitrogen and oxygen atoms in total. The van der Waals surface area contributed by atoms with Gasteiger partial charge in [0.1, 0.15) is 12.4 Å². The third kappa shape index (κ3) is 3.94. The number of aryl methyl sites for hydroxylation is 1. The van der Waals surface area contributed by atoms with Crippen LogP contribution in [0.1, 0.15) is 28.8 Å². The van der Waals surface area contributed by atoms with Crippen LogP contribution in [0.4, 0.5) is 0 Å². The van der Waals surface area contributed by atoms with Crippen molar-refractivity contribution in [1.29, 1.82) is 0 Å². The summed E-state index contributed by atoms with van der Waals surface area (Å²) >= 11 is 0. The summed E-state index contributed by atoms with van der Waals surface area (Å²) in [4.78, 5) is 30.0. The van der Waals surface area contributed by atoms with Gasteiger partial charge in [0.05, 0.1) is 34.6 Å². The lowest BCUT2D eigenvalue weighted by molar-refractivity contribution is -0.117. The maximum Gasteiger partial charge on any atom is 0.340 e. The lowest BCUT2D eigenvalue weighted by Crippen LogP contribution is -2.28. The molecule has 4 aromatic rings. The lowest BCUT2D eigenvalue weighted by atomic mass is 10.1. The zero-order valence-electron chi connectivity index (χ0n) is 17.8. The first-order valence-electron chi connectivity index (χ1n) is 10.2. The quantitative estimate of drug-likeness (QED) is 0.481. The van der Waals surface area contributed by atoms with E-state index < -0.39 is 5.97 Å². The minimum absolute atomic E-state index is 0.104. The number of imidazole rings is 1. The third-order valence-electron chi connectivity index (χ3n) is 5.20.